The number of aromatic nitrogens is 2. The monoisotopic (exact) mass is 266 g/mol. The van der Waals surface area contributed by atoms with Crippen molar-refractivity contribution in [1.82, 2.24) is 15.5 Å². The van der Waals surface area contributed by atoms with E-state index in [1.165, 1.54) is 4.88 Å². The third-order valence-electron chi connectivity index (χ3n) is 2.51. The molecule has 98 valence electrons. The summed E-state index contributed by atoms with van der Waals surface area (Å²) in [4.78, 5) is 1.24. The normalized spacial score (nSPS) is 12.6. The summed E-state index contributed by atoms with van der Waals surface area (Å²) in [6.07, 6.45) is 1.09. The second-order valence-corrected chi connectivity index (χ2v) is 5.09. The summed E-state index contributed by atoms with van der Waals surface area (Å²) in [5.41, 5.74) is 0. The molecule has 0 radical (unpaired) electrons. The third kappa shape index (κ3) is 3.54. The highest BCUT2D eigenvalue weighted by Gasteiger charge is 2.12. The van der Waals surface area contributed by atoms with Crippen molar-refractivity contribution in [2.75, 3.05) is 11.9 Å². The van der Waals surface area contributed by atoms with Crippen molar-refractivity contribution in [3.05, 3.63) is 28.3 Å². The summed E-state index contributed by atoms with van der Waals surface area (Å²) < 4.78 is 5.55. The van der Waals surface area contributed by atoms with Crippen LogP contribution in [-0.4, -0.2) is 16.7 Å². The van der Waals surface area contributed by atoms with Crippen LogP contribution >= 0.6 is 11.3 Å². The Hall–Kier alpha value is -1.40. The maximum absolute atomic E-state index is 5.55. The lowest BCUT2D eigenvalue weighted by Crippen LogP contribution is -2.19. The van der Waals surface area contributed by atoms with Gasteiger partial charge in [0.25, 0.3) is 0 Å². The van der Waals surface area contributed by atoms with Crippen LogP contribution in [0.15, 0.2) is 21.9 Å². The lowest BCUT2D eigenvalue weighted by Gasteiger charge is -2.07. The van der Waals surface area contributed by atoms with E-state index in [1.807, 2.05) is 18.4 Å². The maximum Gasteiger partial charge on any atom is 0.315 e. The SMILES string of the molecule is CCCNC(C)c1nnc(NCc2cccs2)o1. The summed E-state index contributed by atoms with van der Waals surface area (Å²) in [6.45, 7) is 5.81. The molecular weight excluding hydrogens is 248 g/mol. The Balaban J connectivity index is 1.85. The Labute approximate surface area is 111 Å². The Morgan fingerprint density at radius 1 is 1.44 bits per heavy atom. The molecule has 2 aromatic heterocycles. The molecule has 2 heterocycles. The minimum absolute atomic E-state index is 0.0923. The molecule has 0 aliphatic rings. The Bertz CT molecular complexity index is 454. The topological polar surface area (TPSA) is 63.0 Å². The van der Waals surface area contributed by atoms with E-state index in [-0.39, 0.29) is 6.04 Å². The van der Waals surface area contributed by atoms with Crippen LogP contribution in [0.4, 0.5) is 6.01 Å². The number of rotatable bonds is 7. The molecule has 18 heavy (non-hydrogen) atoms. The molecule has 2 rings (SSSR count). The standard InChI is InChI=1S/C12H18N4OS/c1-3-6-13-9(2)11-15-16-12(17-11)14-8-10-5-4-7-18-10/h4-5,7,9,13H,3,6,8H2,1-2H3,(H,14,16). The van der Waals surface area contributed by atoms with Crippen LogP contribution < -0.4 is 10.6 Å². The zero-order valence-corrected chi connectivity index (χ0v) is 11.5. The second kappa shape index (κ2) is 6.51. The van der Waals surface area contributed by atoms with Gasteiger partial charge in [-0.2, -0.15) is 0 Å². The first-order valence-corrected chi connectivity index (χ1v) is 7.00. The van der Waals surface area contributed by atoms with Crippen LogP contribution in [0.25, 0.3) is 0 Å². The van der Waals surface area contributed by atoms with E-state index < -0.39 is 0 Å². The quantitative estimate of drug-likeness (QED) is 0.807. The van der Waals surface area contributed by atoms with Crippen LogP contribution in [-0.2, 0) is 6.54 Å². The van der Waals surface area contributed by atoms with Crippen LogP contribution in [0.5, 0.6) is 0 Å². The Morgan fingerprint density at radius 3 is 3.06 bits per heavy atom. The lowest BCUT2D eigenvalue weighted by atomic mass is 10.3. The Kier molecular flexibility index (Phi) is 4.72. The molecule has 0 aromatic carbocycles. The summed E-state index contributed by atoms with van der Waals surface area (Å²) in [5.74, 6) is 0.622. The molecule has 0 amide bonds. The van der Waals surface area contributed by atoms with E-state index in [1.54, 1.807) is 11.3 Å². The number of hydrogen-bond donors (Lipinski definition) is 2. The minimum atomic E-state index is 0.0923. The fourth-order valence-corrected chi connectivity index (χ4v) is 2.15. The molecule has 2 N–H and O–H groups in total. The van der Waals surface area contributed by atoms with Gasteiger partial charge in [-0.15, -0.1) is 16.4 Å². The number of anilines is 1. The van der Waals surface area contributed by atoms with Crippen molar-refractivity contribution < 1.29 is 4.42 Å². The Morgan fingerprint density at radius 2 is 2.33 bits per heavy atom. The fourth-order valence-electron chi connectivity index (χ4n) is 1.51. The van der Waals surface area contributed by atoms with E-state index >= 15 is 0 Å². The van der Waals surface area contributed by atoms with Crippen molar-refractivity contribution in [3.8, 4) is 0 Å². The zero-order valence-electron chi connectivity index (χ0n) is 10.6. The fraction of sp³-hybridized carbons (Fsp3) is 0.500. The molecule has 1 atom stereocenters. The van der Waals surface area contributed by atoms with Gasteiger partial charge in [-0.05, 0) is 31.3 Å². The minimum Gasteiger partial charge on any atom is -0.406 e. The molecule has 2 aromatic rings. The van der Waals surface area contributed by atoms with Gasteiger partial charge in [-0.1, -0.05) is 18.1 Å². The van der Waals surface area contributed by atoms with Crippen molar-refractivity contribution in [2.45, 2.75) is 32.9 Å². The summed E-state index contributed by atoms with van der Waals surface area (Å²) in [6, 6.07) is 4.66. The van der Waals surface area contributed by atoms with Gasteiger partial charge in [-0.25, -0.2) is 0 Å². The van der Waals surface area contributed by atoms with Crippen LogP contribution in [0.3, 0.4) is 0 Å². The van der Waals surface area contributed by atoms with E-state index in [0.29, 0.717) is 11.9 Å². The predicted molar refractivity (Wildman–Crippen MR) is 72.7 cm³/mol. The molecule has 1 unspecified atom stereocenters. The molecule has 0 aliphatic heterocycles. The van der Waals surface area contributed by atoms with Gasteiger partial charge in [0, 0.05) is 4.88 Å². The van der Waals surface area contributed by atoms with Gasteiger partial charge in [-0.3, -0.25) is 0 Å². The van der Waals surface area contributed by atoms with Gasteiger partial charge in [0.05, 0.1) is 12.6 Å². The molecule has 0 spiro atoms. The molecule has 6 heteroatoms. The second-order valence-electron chi connectivity index (χ2n) is 4.05. The summed E-state index contributed by atoms with van der Waals surface area (Å²) in [5, 5.41) is 16.5. The van der Waals surface area contributed by atoms with Gasteiger partial charge < -0.3 is 15.1 Å². The van der Waals surface area contributed by atoms with Gasteiger partial charge in [0.2, 0.25) is 5.89 Å². The first kappa shape index (κ1) is 13.0. The van der Waals surface area contributed by atoms with Crippen LogP contribution in [0, 0.1) is 0 Å². The summed E-state index contributed by atoms with van der Waals surface area (Å²) in [7, 11) is 0. The number of hydrogen-bond acceptors (Lipinski definition) is 6. The van der Waals surface area contributed by atoms with E-state index in [9.17, 15) is 0 Å². The third-order valence-corrected chi connectivity index (χ3v) is 3.38. The van der Waals surface area contributed by atoms with Gasteiger partial charge >= 0.3 is 6.01 Å². The molecular formula is C12H18N4OS. The van der Waals surface area contributed by atoms with E-state index in [2.05, 4.69) is 33.8 Å². The number of nitrogens with one attached hydrogen (secondary N) is 2. The van der Waals surface area contributed by atoms with Gasteiger partial charge in [0.1, 0.15) is 0 Å². The first-order chi connectivity index (χ1) is 8.79. The van der Waals surface area contributed by atoms with Crippen LogP contribution in [0.1, 0.15) is 37.1 Å². The smallest absolute Gasteiger partial charge is 0.315 e. The van der Waals surface area contributed by atoms with Crippen LogP contribution in [0.2, 0.25) is 0 Å². The van der Waals surface area contributed by atoms with Crippen molar-refractivity contribution in [3.63, 3.8) is 0 Å². The maximum atomic E-state index is 5.55. The van der Waals surface area contributed by atoms with Crippen molar-refractivity contribution >= 4 is 17.4 Å². The highest BCUT2D eigenvalue weighted by atomic mass is 32.1. The average molecular weight is 266 g/mol. The highest BCUT2D eigenvalue weighted by molar-refractivity contribution is 7.09. The molecule has 0 fully saturated rings. The van der Waals surface area contributed by atoms with Gasteiger partial charge in [0.15, 0.2) is 0 Å². The molecule has 0 saturated carbocycles. The molecule has 0 aliphatic carbocycles. The predicted octanol–water partition coefficient (Wildman–Crippen LogP) is 2.80. The molecule has 5 nitrogen and oxygen atoms in total. The first-order valence-electron chi connectivity index (χ1n) is 6.12. The number of nitrogens with zero attached hydrogens (tertiary/aromatic N) is 2. The van der Waals surface area contributed by atoms with E-state index in [0.717, 1.165) is 19.5 Å². The average Bonchev–Trinajstić information content (AvgIpc) is 3.04. The number of thiophene rings is 1. The van der Waals surface area contributed by atoms with Crippen molar-refractivity contribution in [1.29, 1.82) is 0 Å². The zero-order chi connectivity index (χ0) is 12.8. The van der Waals surface area contributed by atoms with E-state index in [4.69, 9.17) is 4.42 Å². The highest BCUT2D eigenvalue weighted by Crippen LogP contribution is 2.15. The van der Waals surface area contributed by atoms with Crippen molar-refractivity contribution in [2.24, 2.45) is 0 Å². The largest absolute Gasteiger partial charge is 0.406 e. The summed E-state index contributed by atoms with van der Waals surface area (Å²) >= 11 is 1.70. The molecule has 0 saturated heterocycles. The molecule has 0 bridgehead atoms. The lowest BCUT2D eigenvalue weighted by molar-refractivity contribution is 0.423.